The molecule has 0 bridgehead atoms. The highest BCUT2D eigenvalue weighted by Crippen LogP contribution is 2.22. The molecule has 0 N–H and O–H groups in total. The van der Waals surface area contributed by atoms with Crippen molar-refractivity contribution in [1.29, 1.82) is 0 Å². The molecule has 5 heteroatoms. The first kappa shape index (κ1) is 17.6. The monoisotopic (exact) mass is 290 g/mol. The van der Waals surface area contributed by atoms with Gasteiger partial charge in [-0.15, -0.1) is 0 Å². The molecule has 0 aliphatic carbocycles. The SMILES string of the molecule is CCN(CC)C[Si](C)(C)N([SiH](C)C)[Si](C)(C)C. The summed E-state index contributed by atoms with van der Waals surface area (Å²) in [5.41, 5.74) is 0. The minimum Gasteiger partial charge on any atom is -0.370 e. The van der Waals surface area contributed by atoms with Crippen LogP contribution in [0.4, 0.5) is 0 Å². The molecule has 0 radical (unpaired) electrons. The first-order chi connectivity index (χ1) is 7.56. The molecule has 0 rings (SSSR count). The fraction of sp³-hybridized carbons (Fsp3) is 1.00. The van der Waals surface area contributed by atoms with E-state index in [1.54, 1.807) is 0 Å². The highest BCUT2D eigenvalue weighted by Gasteiger charge is 2.39. The number of rotatable bonds is 7. The summed E-state index contributed by atoms with van der Waals surface area (Å²) >= 11 is 0. The Morgan fingerprint density at radius 3 is 1.53 bits per heavy atom. The summed E-state index contributed by atoms with van der Waals surface area (Å²) in [5.74, 6) is 0. The summed E-state index contributed by atoms with van der Waals surface area (Å²) in [4.78, 5) is 2.62. The van der Waals surface area contributed by atoms with Gasteiger partial charge in [0.15, 0.2) is 0 Å². The highest BCUT2D eigenvalue weighted by atomic mass is 28.5. The summed E-state index contributed by atoms with van der Waals surface area (Å²) in [7, 11) is -3.09. The van der Waals surface area contributed by atoms with Crippen LogP contribution in [0.2, 0.25) is 45.8 Å². The number of hydrogen-bond acceptors (Lipinski definition) is 2. The summed E-state index contributed by atoms with van der Waals surface area (Å²) < 4.78 is 3.05. The lowest BCUT2D eigenvalue weighted by atomic mass is 10.6. The maximum absolute atomic E-state index is 3.05. The normalized spacial score (nSPS) is 14.1. The van der Waals surface area contributed by atoms with Crippen LogP contribution in [0.3, 0.4) is 0 Å². The quantitative estimate of drug-likeness (QED) is 0.665. The Morgan fingerprint density at radius 2 is 1.29 bits per heavy atom. The molecule has 104 valence electrons. The molecule has 0 aromatic rings. The molecule has 0 spiro atoms. The zero-order valence-electron chi connectivity index (χ0n) is 13.6. The molecule has 0 saturated heterocycles. The van der Waals surface area contributed by atoms with E-state index in [-0.39, 0.29) is 0 Å². The van der Waals surface area contributed by atoms with Crippen LogP contribution in [0, 0.1) is 0 Å². The van der Waals surface area contributed by atoms with Crippen LogP contribution >= 0.6 is 0 Å². The summed E-state index contributed by atoms with van der Waals surface area (Å²) in [6, 6.07) is 0. The third kappa shape index (κ3) is 5.38. The van der Waals surface area contributed by atoms with E-state index >= 15 is 0 Å². The highest BCUT2D eigenvalue weighted by molar-refractivity contribution is 6.99. The lowest BCUT2D eigenvalue weighted by Crippen LogP contribution is -2.68. The molecular weight excluding hydrogens is 256 g/mol. The standard InChI is InChI=1S/C12H34N2Si3/c1-10-13(11-2)12-17(8,9)14(15(3)4)16(5,6)7/h15H,10-12H2,1-9H3. The number of hydrogen-bond donors (Lipinski definition) is 0. The Labute approximate surface area is 113 Å². The molecule has 0 atom stereocenters. The van der Waals surface area contributed by atoms with Gasteiger partial charge in [-0.1, -0.05) is 59.7 Å². The second-order valence-corrected chi connectivity index (χ2v) is 20.3. The molecule has 0 aromatic carbocycles. The second kappa shape index (κ2) is 6.65. The molecule has 2 nitrogen and oxygen atoms in total. The summed E-state index contributed by atoms with van der Waals surface area (Å²) in [5, 5.41) is 0. The minimum atomic E-state index is -1.25. The maximum Gasteiger partial charge on any atom is 0.122 e. The van der Waals surface area contributed by atoms with E-state index < -0.39 is 25.4 Å². The van der Waals surface area contributed by atoms with E-state index in [9.17, 15) is 0 Å². The van der Waals surface area contributed by atoms with Crippen molar-refractivity contribution in [2.75, 3.05) is 19.3 Å². The van der Waals surface area contributed by atoms with Gasteiger partial charge in [-0.3, -0.25) is 0 Å². The average molecular weight is 291 g/mol. The van der Waals surface area contributed by atoms with Crippen molar-refractivity contribution in [3.8, 4) is 0 Å². The van der Waals surface area contributed by atoms with Crippen LogP contribution < -0.4 is 0 Å². The predicted octanol–water partition coefficient (Wildman–Crippen LogP) is 3.19. The van der Waals surface area contributed by atoms with Crippen LogP contribution in [0.1, 0.15) is 13.8 Å². The van der Waals surface area contributed by atoms with E-state index in [1.807, 2.05) is 0 Å². The van der Waals surface area contributed by atoms with E-state index in [2.05, 4.69) is 68.5 Å². The zero-order chi connectivity index (χ0) is 13.9. The van der Waals surface area contributed by atoms with Crippen molar-refractivity contribution >= 4 is 25.4 Å². The Bertz CT molecular complexity index is 220. The molecule has 0 aromatic heterocycles. The third-order valence-corrected chi connectivity index (χ3v) is 19.7. The Hall–Kier alpha value is 0.571. The van der Waals surface area contributed by atoms with Gasteiger partial charge in [0.25, 0.3) is 0 Å². The molecule has 0 heterocycles. The summed E-state index contributed by atoms with van der Waals surface area (Å²) in [6.45, 7) is 24.7. The van der Waals surface area contributed by atoms with Crippen molar-refractivity contribution in [1.82, 2.24) is 8.80 Å². The molecule has 0 aliphatic heterocycles. The Kier molecular flexibility index (Phi) is 6.88. The van der Waals surface area contributed by atoms with Gasteiger partial charge in [0.1, 0.15) is 16.5 Å². The van der Waals surface area contributed by atoms with Gasteiger partial charge in [-0.25, -0.2) is 0 Å². The summed E-state index contributed by atoms with van der Waals surface area (Å²) in [6.07, 6.45) is 1.34. The molecule has 17 heavy (non-hydrogen) atoms. The van der Waals surface area contributed by atoms with Crippen LogP contribution in [-0.4, -0.2) is 53.5 Å². The third-order valence-electron chi connectivity index (χ3n) is 3.40. The van der Waals surface area contributed by atoms with Crippen LogP contribution in [0.15, 0.2) is 0 Å². The van der Waals surface area contributed by atoms with Gasteiger partial charge < -0.3 is 8.80 Å². The average Bonchev–Trinajstić information content (AvgIpc) is 2.10. The zero-order valence-corrected chi connectivity index (χ0v) is 16.7. The van der Waals surface area contributed by atoms with Crippen molar-refractivity contribution < 1.29 is 0 Å². The maximum atomic E-state index is 3.05. The lowest BCUT2D eigenvalue weighted by molar-refractivity contribution is 0.344. The largest absolute Gasteiger partial charge is 0.370 e. The van der Waals surface area contributed by atoms with Crippen molar-refractivity contribution in [2.45, 2.75) is 59.7 Å². The Balaban J connectivity index is 4.96. The smallest absolute Gasteiger partial charge is 0.122 e. The van der Waals surface area contributed by atoms with E-state index in [4.69, 9.17) is 0 Å². The molecule has 0 amide bonds. The van der Waals surface area contributed by atoms with Crippen LogP contribution in [0.5, 0.6) is 0 Å². The van der Waals surface area contributed by atoms with Gasteiger partial charge in [0, 0.05) is 6.17 Å². The van der Waals surface area contributed by atoms with Crippen LogP contribution in [0.25, 0.3) is 0 Å². The molecular formula is C12H34N2Si3. The fourth-order valence-electron chi connectivity index (χ4n) is 3.45. The Morgan fingerprint density at radius 1 is 0.882 bits per heavy atom. The van der Waals surface area contributed by atoms with Crippen molar-refractivity contribution in [3.63, 3.8) is 0 Å². The first-order valence-corrected chi connectivity index (χ1v) is 16.5. The molecule has 0 saturated carbocycles. The molecule has 0 unspecified atom stereocenters. The van der Waals surface area contributed by atoms with Gasteiger partial charge in [0.05, 0.1) is 8.96 Å². The van der Waals surface area contributed by atoms with Crippen molar-refractivity contribution in [3.05, 3.63) is 0 Å². The van der Waals surface area contributed by atoms with Gasteiger partial charge in [-0.2, -0.15) is 0 Å². The second-order valence-electron chi connectivity index (χ2n) is 6.91. The van der Waals surface area contributed by atoms with E-state index in [0.717, 1.165) is 0 Å². The molecule has 0 aliphatic rings. The fourth-order valence-corrected chi connectivity index (χ4v) is 24.7. The topological polar surface area (TPSA) is 6.48 Å². The van der Waals surface area contributed by atoms with E-state index in [1.165, 1.54) is 19.3 Å². The minimum absolute atomic E-state index is 0.686. The van der Waals surface area contributed by atoms with Crippen molar-refractivity contribution in [2.24, 2.45) is 0 Å². The molecule has 0 fully saturated rings. The van der Waals surface area contributed by atoms with Gasteiger partial charge in [-0.05, 0) is 13.1 Å². The lowest BCUT2D eigenvalue weighted by Gasteiger charge is -2.49. The van der Waals surface area contributed by atoms with Crippen LogP contribution in [-0.2, 0) is 0 Å². The predicted molar refractivity (Wildman–Crippen MR) is 89.3 cm³/mol. The van der Waals surface area contributed by atoms with E-state index in [0.29, 0.717) is 0 Å². The number of nitrogens with zero attached hydrogens (tertiary/aromatic N) is 2. The van der Waals surface area contributed by atoms with Gasteiger partial charge in [0.2, 0.25) is 0 Å². The first-order valence-electron chi connectivity index (χ1n) is 7.08. The van der Waals surface area contributed by atoms with Gasteiger partial charge >= 0.3 is 0 Å².